The Hall–Kier alpha value is -1.41. The van der Waals surface area contributed by atoms with Gasteiger partial charge in [0.05, 0.1) is 5.69 Å². The van der Waals surface area contributed by atoms with Crippen LogP contribution in [-0.4, -0.2) is 39.5 Å². The van der Waals surface area contributed by atoms with E-state index in [0.717, 1.165) is 32.7 Å². The van der Waals surface area contributed by atoms with Crippen molar-refractivity contribution in [3.8, 4) is 0 Å². The van der Waals surface area contributed by atoms with Gasteiger partial charge in [0, 0.05) is 32.7 Å². The lowest BCUT2D eigenvalue weighted by molar-refractivity contribution is 0.250. The lowest BCUT2D eigenvalue weighted by Crippen LogP contribution is -2.46. The van der Waals surface area contributed by atoms with Gasteiger partial charge in [-0.15, -0.1) is 0 Å². The largest absolute Gasteiger partial charge is 0.368 e. The zero-order valence-corrected chi connectivity index (χ0v) is 13.8. The van der Waals surface area contributed by atoms with Crippen LogP contribution in [0.4, 0.5) is 5.69 Å². The van der Waals surface area contributed by atoms with Crippen LogP contribution in [0.1, 0.15) is 5.56 Å². The molecule has 0 amide bonds. The highest BCUT2D eigenvalue weighted by Gasteiger charge is 2.22. The highest BCUT2D eigenvalue weighted by atomic mass is 32.2. The molecule has 0 spiro atoms. The summed E-state index contributed by atoms with van der Waals surface area (Å²) in [5.74, 6) is 0. The molecule has 22 heavy (non-hydrogen) atoms. The van der Waals surface area contributed by atoms with Crippen LogP contribution in [0.3, 0.4) is 0 Å². The molecule has 0 bridgehead atoms. The Morgan fingerprint density at radius 2 is 1.82 bits per heavy atom. The van der Waals surface area contributed by atoms with Crippen LogP contribution < -0.4 is 10.0 Å². The van der Waals surface area contributed by atoms with Crippen molar-refractivity contribution in [2.45, 2.75) is 11.4 Å². The first-order valence-electron chi connectivity index (χ1n) is 7.14. The fourth-order valence-corrected chi connectivity index (χ4v) is 4.16. The van der Waals surface area contributed by atoms with E-state index in [-0.39, 0.29) is 4.90 Å². The minimum absolute atomic E-state index is 0.210. The predicted octanol–water partition coefficient (Wildman–Crippen LogP) is 1.72. The minimum Gasteiger partial charge on any atom is -0.368 e. The second-order valence-electron chi connectivity index (χ2n) is 5.41. The van der Waals surface area contributed by atoms with Gasteiger partial charge in [0.2, 0.25) is 10.0 Å². The Kier molecular flexibility index (Phi) is 4.49. The molecule has 1 aliphatic rings. The maximum absolute atomic E-state index is 11.7. The number of primary sulfonamides is 1. The van der Waals surface area contributed by atoms with Crippen molar-refractivity contribution in [3.63, 3.8) is 0 Å². The molecule has 1 saturated heterocycles. The van der Waals surface area contributed by atoms with E-state index >= 15 is 0 Å². The van der Waals surface area contributed by atoms with E-state index in [1.165, 1.54) is 5.56 Å². The summed E-state index contributed by atoms with van der Waals surface area (Å²) in [4.78, 5) is 4.70. The minimum atomic E-state index is -3.69. The van der Waals surface area contributed by atoms with Gasteiger partial charge < -0.3 is 4.90 Å². The van der Waals surface area contributed by atoms with Gasteiger partial charge in [-0.3, -0.25) is 4.90 Å². The van der Waals surface area contributed by atoms with Gasteiger partial charge in [-0.05, 0) is 34.5 Å². The number of sulfonamides is 1. The fourth-order valence-electron chi connectivity index (χ4n) is 2.75. The quantitative estimate of drug-likeness (QED) is 0.922. The highest BCUT2D eigenvalue weighted by molar-refractivity contribution is 7.89. The molecule has 3 rings (SSSR count). The topological polar surface area (TPSA) is 66.6 Å². The van der Waals surface area contributed by atoms with Crippen molar-refractivity contribution in [2.24, 2.45) is 5.14 Å². The number of hydrogen-bond donors (Lipinski definition) is 1. The molecule has 0 saturated carbocycles. The van der Waals surface area contributed by atoms with Gasteiger partial charge >= 0.3 is 0 Å². The van der Waals surface area contributed by atoms with Gasteiger partial charge in [-0.1, -0.05) is 12.1 Å². The second-order valence-corrected chi connectivity index (χ2v) is 7.72. The molecule has 2 aromatic rings. The smallest absolute Gasteiger partial charge is 0.240 e. The molecule has 1 aromatic heterocycles. The number of thiophene rings is 1. The van der Waals surface area contributed by atoms with E-state index in [1.54, 1.807) is 23.5 Å². The Balaban J connectivity index is 1.69. The van der Waals surface area contributed by atoms with Crippen LogP contribution in [0.5, 0.6) is 0 Å². The number of piperazine rings is 1. The molecule has 0 unspecified atom stereocenters. The van der Waals surface area contributed by atoms with Crippen molar-refractivity contribution < 1.29 is 8.42 Å². The normalized spacial score (nSPS) is 16.9. The first-order chi connectivity index (χ1) is 10.5. The second kappa shape index (κ2) is 6.37. The number of para-hydroxylation sites is 1. The van der Waals surface area contributed by atoms with E-state index < -0.39 is 10.0 Å². The predicted molar refractivity (Wildman–Crippen MR) is 89.6 cm³/mol. The molecule has 118 valence electrons. The third-order valence-corrected chi connectivity index (χ3v) is 5.56. The Morgan fingerprint density at radius 1 is 1.09 bits per heavy atom. The van der Waals surface area contributed by atoms with Crippen LogP contribution in [0, 0.1) is 0 Å². The molecule has 0 atom stereocenters. The molecule has 5 nitrogen and oxygen atoms in total. The zero-order valence-electron chi connectivity index (χ0n) is 12.2. The van der Waals surface area contributed by atoms with Crippen LogP contribution in [0.25, 0.3) is 0 Å². The third-order valence-electron chi connectivity index (χ3n) is 3.87. The number of benzene rings is 1. The van der Waals surface area contributed by atoms with Crippen molar-refractivity contribution >= 4 is 27.0 Å². The van der Waals surface area contributed by atoms with Crippen LogP contribution in [-0.2, 0) is 16.6 Å². The summed E-state index contributed by atoms with van der Waals surface area (Å²) in [5, 5.41) is 9.58. The van der Waals surface area contributed by atoms with Crippen LogP contribution in [0.15, 0.2) is 46.0 Å². The van der Waals surface area contributed by atoms with E-state index in [1.807, 2.05) is 12.1 Å². The maximum Gasteiger partial charge on any atom is 0.240 e. The van der Waals surface area contributed by atoms with Gasteiger partial charge in [0.15, 0.2) is 0 Å². The zero-order chi connectivity index (χ0) is 15.6. The average molecular weight is 337 g/mol. The van der Waals surface area contributed by atoms with Crippen LogP contribution in [0.2, 0.25) is 0 Å². The van der Waals surface area contributed by atoms with Crippen LogP contribution >= 0.6 is 11.3 Å². The highest BCUT2D eigenvalue weighted by Crippen LogP contribution is 2.25. The van der Waals surface area contributed by atoms with E-state index in [4.69, 9.17) is 5.14 Å². The van der Waals surface area contributed by atoms with E-state index in [9.17, 15) is 8.42 Å². The van der Waals surface area contributed by atoms with E-state index in [2.05, 4.69) is 26.6 Å². The van der Waals surface area contributed by atoms with Gasteiger partial charge in [0.1, 0.15) is 4.90 Å². The molecule has 0 aliphatic carbocycles. The molecule has 7 heteroatoms. The monoisotopic (exact) mass is 337 g/mol. The summed E-state index contributed by atoms with van der Waals surface area (Å²) in [6.45, 7) is 4.38. The maximum atomic E-state index is 11.7. The van der Waals surface area contributed by atoms with Crippen molar-refractivity contribution in [1.82, 2.24) is 4.90 Å². The lowest BCUT2D eigenvalue weighted by atomic mass is 10.2. The average Bonchev–Trinajstić information content (AvgIpc) is 3.00. The number of rotatable bonds is 4. The van der Waals surface area contributed by atoms with Crippen molar-refractivity contribution in [1.29, 1.82) is 0 Å². The van der Waals surface area contributed by atoms with Gasteiger partial charge in [-0.2, -0.15) is 11.3 Å². The third kappa shape index (κ3) is 3.49. The summed E-state index contributed by atoms with van der Waals surface area (Å²) in [7, 11) is -3.69. The fraction of sp³-hybridized carbons (Fsp3) is 0.333. The molecular weight excluding hydrogens is 318 g/mol. The molecule has 1 fully saturated rings. The number of nitrogens with two attached hydrogens (primary N) is 1. The number of hydrogen-bond acceptors (Lipinski definition) is 5. The number of anilines is 1. The van der Waals surface area contributed by atoms with Gasteiger partial charge in [0.25, 0.3) is 0 Å². The molecule has 2 N–H and O–H groups in total. The standard InChI is InChI=1S/C15H19N3O2S2/c16-22(19,20)15-4-2-1-3-14(15)18-8-6-17(7-9-18)11-13-5-10-21-12-13/h1-5,10,12H,6-9,11H2,(H2,16,19,20). The first-order valence-corrected chi connectivity index (χ1v) is 9.63. The lowest BCUT2D eigenvalue weighted by Gasteiger charge is -2.36. The van der Waals surface area contributed by atoms with E-state index in [0.29, 0.717) is 5.69 Å². The molecule has 2 heterocycles. The summed E-state index contributed by atoms with van der Waals surface area (Å²) in [6, 6.07) is 9.10. The SMILES string of the molecule is NS(=O)(=O)c1ccccc1N1CCN(Cc2ccsc2)CC1. The van der Waals surface area contributed by atoms with Crippen molar-refractivity contribution in [2.75, 3.05) is 31.1 Å². The molecule has 1 aliphatic heterocycles. The summed E-state index contributed by atoms with van der Waals surface area (Å²) in [5.41, 5.74) is 2.04. The molecule has 0 radical (unpaired) electrons. The summed E-state index contributed by atoms with van der Waals surface area (Å²) >= 11 is 1.71. The van der Waals surface area contributed by atoms with Gasteiger partial charge in [-0.25, -0.2) is 13.6 Å². The Morgan fingerprint density at radius 3 is 2.45 bits per heavy atom. The first kappa shape index (κ1) is 15.5. The van der Waals surface area contributed by atoms with Crippen molar-refractivity contribution in [3.05, 3.63) is 46.7 Å². The Labute approximate surface area is 135 Å². The number of nitrogens with zero attached hydrogens (tertiary/aromatic N) is 2. The molecular formula is C15H19N3O2S2. The summed E-state index contributed by atoms with van der Waals surface area (Å²) in [6.07, 6.45) is 0. The Bertz CT molecular complexity index is 721. The summed E-state index contributed by atoms with van der Waals surface area (Å²) < 4.78 is 23.4. The molecule has 1 aromatic carbocycles.